The predicted molar refractivity (Wildman–Crippen MR) is 95.2 cm³/mol. The van der Waals surface area contributed by atoms with Crippen molar-refractivity contribution in [3.63, 3.8) is 0 Å². The van der Waals surface area contributed by atoms with Crippen LogP contribution in [0.25, 0.3) is 0 Å². The largest absolute Gasteiger partial charge is 0.495 e. The van der Waals surface area contributed by atoms with Crippen molar-refractivity contribution in [1.82, 2.24) is 5.32 Å². The quantitative estimate of drug-likeness (QED) is 0.668. The van der Waals surface area contributed by atoms with Gasteiger partial charge in [0.2, 0.25) is 0 Å². The third kappa shape index (κ3) is 3.40. The molecule has 0 aliphatic rings. The van der Waals surface area contributed by atoms with Crippen molar-refractivity contribution < 1.29 is 9.47 Å². The first-order valence-electron chi connectivity index (χ1n) is 6.05. The maximum absolute atomic E-state index is 6.35. The third-order valence-corrected chi connectivity index (χ3v) is 5.85. The van der Waals surface area contributed by atoms with Crippen molar-refractivity contribution in [2.45, 2.75) is 6.04 Å². The number of halogens is 3. The Hall–Kier alpha value is -0.270. The Morgan fingerprint density at radius 2 is 1.90 bits per heavy atom. The SMILES string of the molecule is CNC(c1cc(Br)sc1Br)c1ccc(OC)c(Cl)c1OC. The molecular weight excluding hydrogens is 441 g/mol. The van der Waals surface area contributed by atoms with Crippen LogP contribution in [-0.2, 0) is 0 Å². The smallest absolute Gasteiger partial charge is 0.146 e. The molecule has 21 heavy (non-hydrogen) atoms. The van der Waals surface area contributed by atoms with Crippen molar-refractivity contribution >= 4 is 54.8 Å². The Labute approximate surface area is 149 Å². The van der Waals surface area contributed by atoms with Crippen LogP contribution in [0.2, 0.25) is 5.02 Å². The summed E-state index contributed by atoms with van der Waals surface area (Å²) in [4.78, 5) is 0. The number of thiophene rings is 1. The summed E-state index contributed by atoms with van der Waals surface area (Å²) < 4.78 is 12.9. The summed E-state index contributed by atoms with van der Waals surface area (Å²) in [7, 11) is 5.10. The lowest BCUT2D eigenvalue weighted by Crippen LogP contribution is -2.18. The number of hydrogen-bond donors (Lipinski definition) is 1. The first-order valence-corrected chi connectivity index (χ1v) is 8.83. The second-order valence-corrected chi connectivity index (χ2v) is 8.33. The van der Waals surface area contributed by atoms with Crippen LogP contribution in [0.15, 0.2) is 25.8 Å². The molecule has 1 aromatic carbocycles. The predicted octanol–water partition coefficient (Wildman–Crippen LogP) is 5.25. The molecule has 1 N–H and O–H groups in total. The number of nitrogens with one attached hydrogen (secondary N) is 1. The van der Waals surface area contributed by atoms with Crippen LogP contribution < -0.4 is 14.8 Å². The lowest BCUT2D eigenvalue weighted by atomic mass is 10.00. The summed E-state index contributed by atoms with van der Waals surface area (Å²) in [5.74, 6) is 1.21. The molecule has 7 heteroatoms. The van der Waals surface area contributed by atoms with E-state index in [4.69, 9.17) is 21.1 Å². The molecule has 1 heterocycles. The van der Waals surface area contributed by atoms with E-state index in [0.29, 0.717) is 16.5 Å². The number of rotatable bonds is 5. The zero-order valence-electron chi connectivity index (χ0n) is 11.7. The molecule has 0 saturated heterocycles. The highest BCUT2D eigenvalue weighted by Crippen LogP contribution is 2.44. The van der Waals surface area contributed by atoms with E-state index in [1.165, 1.54) is 0 Å². The van der Waals surface area contributed by atoms with Crippen LogP contribution in [0.3, 0.4) is 0 Å². The van der Waals surface area contributed by atoms with E-state index < -0.39 is 0 Å². The van der Waals surface area contributed by atoms with Crippen LogP contribution in [0.5, 0.6) is 11.5 Å². The topological polar surface area (TPSA) is 30.5 Å². The molecule has 114 valence electrons. The van der Waals surface area contributed by atoms with Gasteiger partial charge in [-0.3, -0.25) is 0 Å². The second kappa shape index (κ2) is 7.33. The fraction of sp³-hybridized carbons (Fsp3) is 0.286. The minimum Gasteiger partial charge on any atom is -0.495 e. The molecule has 2 aromatic rings. The van der Waals surface area contributed by atoms with Gasteiger partial charge in [0.15, 0.2) is 0 Å². The van der Waals surface area contributed by atoms with Gasteiger partial charge in [-0.1, -0.05) is 11.6 Å². The third-order valence-electron chi connectivity index (χ3n) is 3.11. The van der Waals surface area contributed by atoms with Crippen molar-refractivity contribution in [2.24, 2.45) is 0 Å². The number of benzene rings is 1. The fourth-order valence-corrected chi connectivity index (χ4v) is 5.40. The molecular formula is C14H14Br2ClNO2S. The second-order valence-electron chi connectivity index (χ2n) is 4.21. The van der Waals surface area contributed by atoms with Gasteiger partial charge in [0.05, 0.1) is 27.8 Å². The molecule has 0 aliphatic heterocycles. The highest BCUT2D eigenvalue weighted by atomic mass is 79.9. The van der Waals surface area contributed by atoms with Crippen molar-refractivity contribution in [3.8, 4) is 11.5 Å². The van der Waals surface area contributed by atoms with Gasteiger partial charge >= 0.3 is 0 Å². The molecule has 0 radical (unpaired) electrons. The van der Waals surface area contributed by atoms with Crippen LogP contribution in [-0.4, -0.2) is 21.3 Å². The molecule has 0 saturated carbocycles. The Kier molecular flexibility index (Phi) is 5.96. The molecule has 0 aliphatic carbocycles. The van der Waals surface area contributed by atoms with Gasteiger partial charge in [0.25, 0.3) is 0 Å². The van der Waals surface area contributed by atoms with Gasteiger partial charge in [0, 0.05) is 5.56 Å². The van der Waals surface area contributed by atoms with Gasteiger partial charge < -0.3 is 14.8 Å². The van der Waals surface area contributed by atoms with Gasteiger partial charge in [-0.15, -0.1) is 11.3 Å². The van der Waals surface area contributed by atoms with E-state index in [1.54, 1.807) is 25.6 Å². The summed E-state index contributed by atoms with van der Waals surface area (Å²) >= 11 is 15.1. The van der Waals surface area contributed by atoms with Crippen LogP contribution >= 0.6 is 54.8 Å². The molecule has 2 rings (SSSR count). The Balaban J connectivity index is 2.57. The van der Waals surface area contributed by atoms with Crippen molar-refractivity contribution in [1.29, 1.82) is 0 Å². The molecule has 1 unspecified atom stereocenters. The van der Waals surface area contributed by atoms with Gasteiger partial charge in [0.1, 0.15) is 16.5 Å². The van der Waals surface area contributed by atoms with E-state index in [0.717, 1.165) is 18.7 Å². The van der Waals surface area contributed by atoms with E-state index in [1.807, 2.05) is 19.2 Å². The molecule has 1 aromatic heterocycles. The summed E-state index contributed by atoms with van der Waals surface area (Å²) in [5, 5.41) is 3.78. The van der Waals surface area contributed by atoms with Crippen LogP contribution in [0.4, 0.5) is 0 Å². The lowest BCUT2D eigenvalue weighted by Gasteiger charge is -2.21. The molecule has 1 atom stereocenters. The number of hydrogen-bond acceptors (Lipinski definition) is 4. The summed E-state index contributed by atoms with van der Waals surface area (Å²) in [6.45, 7) is 0. The first kappa shape index (κ1) is 17.1. The standard InChI is InChI=1S/C14H14Br2ClNO2S/c1-18-12(8-6-10(15)21-14(8)16)7-4-5-9(19-2)11(17)13(7)20-3/h4-6,12,18H,1-3H3. The molecule has 0 amide bonds. The Morgan fingerprint density at radius 1 is 1.19 bits per heavy atom. The maximum atomic E-state index is 6.35. The Morgan fingerprint density at radius 3 is 2.38 bits per heavy atom. The van der Waals surface area contributed by atoms with Gasteiger partial charge in [-0.05, 0) is 62.7 Å². The van der Waals surface area contributed by atoms with Crippen LogP contribution in [0, 0.1) is 0 Å². The average molecular weight is 456 g/mol. The minimum absolute atomic E-state index is 0.0414. The van der Waals surface area contributed by atoms with E-state index >= 15 is 0 Å². The van der Waals surface area contributed by atoms with E-state index in [-0.39, 0.29) is 6.04 Å². The molecule has 0 fully saturated rings. The lowest BCUT2D eigenvalue weighted by molar-refractivity contribution is 0.388. The Bertz CT molecular complexity index is 648. The molecule has 0 spiro atoms. The minimum atomic E-state index is -0.0414. The van der Waals surface area contributed by atoms with Gasteiger partial charge in [-0.2, -0.15) is 0 Å². The van der Waals surface area contributed by atoms with E-state index in [9.17, 15) is 0 Å². The fourth-order valence-electron chi connectivity index (χ4n) is 2.17. The molecule has 0 bridgehead atoms. The zero-order valence-corrected chi connectivity index (χ0v) is 16.4. The summed E-state index contributed by atoms with van der Waals surface area (Å²) in [6, 6.07) is 5.84. The highest BCUT2D eigenvalue weighted by molar-refractivity contribution is 9.12. The van der Waals surface area contributed by atoms with Crippen molar-refractivity contribution in [3.05, 3.63) is 41.9 Å². The number of methoxy groups -OCH3 is 2. The normalized spacial score (nSPS) is 12.3. The van der Waals surface area contributed by atoms with Crippen molar-refractivity contribution in [2.75, 3.05) is 21.3 Å². The van der Waals surface area contributed by atoms with Crippen LogP contribution in [0.1, 0.15) is 17.2 Å². The first-order chi connectivity index (χ1) is 10.0. The maximum Gasteiger partial charge on any atom is 0.146 e. The summed E-state index contributed by atoms with van der Waals surface area (Å²) in [5.41, 5.74) is 2.07. The zero-order chi connectivity index (χ0) is 15.6. The van der Waals surface area contributed by atoms with Gasteiger partial charge in [-0.25, -0.2) is 0 Å². The number of ether oxygens (including phenoxy) is 2. The monoisotopic (exact) mass is 453 g/mol. The highest BCUT2D eigenvalue weighted by Gasteiger charge is 2.23. The average Bonchev–Trinajstić information content (AvgIpc) is 2.79. The molecule has 3 nitrogen and oxygen atoms in total. The summed E-state index contributed by atoms with van der Waals surface area (Å²) in [6.07, 6.45) is 0. The van der Waals surface area contributed by atoms with E-state index in [2.05, 4.69) is 43.2 Å².